The highest BCUT2D eigenvalue weighted by Crippen LogP contribution is 2.42. The first-order valence-electron chi connectivity index (χ1n) is 10.1. The molecule has 0 heterocycles. The average Bonchev–Trinajstić information content (AvgIpc) is 2.79. The number of carboxylic acids is 1. The molecule has 7 heteroatoms. The standard InChI is InChI=1S/C25H22N2O4S/c1-2-27(21-14-8-12-17-9-6-7-13-20(17)21)22-15-19(25(28)29)16-23(32(26,30)31)24(22)18-10-4-3-5-11-18/h3-16H,2H2,1H3,(H,28,29)(H2,26,30,31). The lowest BCUT2D eigenvalue weighted by atomic mass is 9.99. The number of anilines is 2. The summed E-state index contributed by atoms with van der Waals surface area (Å²) in [5.74, 6) is -1.23. The van der Waals surface area contributed by atoms with E-state index in [1.807, 2.05) is 60.4 Å². The zero-order valence-corrected chi connectivity index (χ0v) is 18.2. The zero-order valence-electron chi connectivity index (χ0n) is 17.4. The summed E-state index contributed by atoms with van der Waals surface area (Å²) in [6.45, 7) is 2.40. The molecular weight excluding hydrogens is 424 g/mol. The molecule has 0 radical (unpaired) electrons. The Labute approximate surface area is 186 Å². The number of sulfonamides is 1. The molecule has 0 saturated carbocycles. The Balaban J connectivity index is 2.12. The minimum atomic E-state index is -4.22. The van der Waals surface area contributed by atoms with Crippen molar-refractivity contribution in [1.29, 1.82) is 0 Å². The van der Waals surface area contributed by atoms with Gasteiger partial charge in [-0.3, -0.25) is 0 Å². The van der Waals surface area contributed by atoms with Crippen molar-refractivity contribution >= 4 is 38.1 Å². The third-order valence-electron chi connectivity index (χ3n) is 5.36. The van der Waals surface area contributed by atoms with E-state index in [-0.39, 0.29) is 10.5 Å². The number of nitrogens with zero attached hydrogens (tertiary/aromatic N) is 1. The maximum Gasteiger partial charge on any atom is 0.335 e. The van der Waals surface area contributed by atoms with Crippen molar-refractivity contribution < 1.29 is 18.3 Å². The molecule has 162 valence electrons. The van der Waals surface area contributed by atoms with Crippen molar-refractivity contribution in [3.63, 3.8) is 0 Å². The number of carbonyl (C=O) groups is 1. The monoisotopic (exact) mass is 446 g/mol. The average molecular weight is 447 g/mol. The van der Waals surface area contributed by atoms with Crippen LogP contribution in [0.3, 0.4) is 0 Å². The van der Waals surface area contributed by atoms with E-state index < -0.39 is 16.0 Å². The van der Waals surface area contributed by atoms with E-state index in [1.165, 1.54) is 6.07 Å². The van der Waals surface area contributed by atoms with Gasteiger partial charge in [0.2, 0.25) is 10.0 Å². The summed E-state index contributed by atoms with van der Waals surface area (Å²) >= 11 is 0. The van der Waals surface area contributed by atoms with E-state index in [2.05, 4.69) is 0 Å². The second kappa shape index (κ2) is 8.45. The summed E-state index contributed by atoms with van der Waals surface area (Å²) in [6.07, 6.45) is 0. The van der Waals surface area contributed by atoms with Gasteiger partial charge in [-0.25, -0.2) is 18.4 Å². The number of fused-ring (bicyclic) bond motifs is 1. The van der Waals surface area contributed by atoms with Crippen LogP contribution >= 0.6 is 0 Å². The maximum absolute atomic E-state index is 12.6. The molecular formula is C25H22N2O4S. The van der Waals surface area contributed by atoms with Gasteiger partial charge in [0.25, 0.3) is 0 Å². The van der Waals surface area contributed by atoms with Crippen LogP contribution in [0.25, 0.3) is 21.9 Å². The Morgan fingerprint density at radius 1 is 0.906 bits per heavy atom. The van der Waals surface area contributed by atoms with Crippen LogP contribution in [0, 0.1) is 0 Å². The van der Waals surface area contributed by atoms with E-state index in [0.717, 1.165) is 22.5 Å². The normalized spacial score (nSPS) is 11.4. The molecule has 0 aliphatic carbocycles. The second-order valence-electron chi connectivity index (χ2n) is 7.33. The van der Waals surface area contributed by atoms with Crippen molar-refractivity contribution in [1.82, 2.24) is 0 Å². The predicted octanol–water partition coefficient (Wildman–Crippen LogP) is 5.01. The number of aromatic carboxylic acids is 1. The summed E-state index contributed by atoms with van der Waals surface area (Å²) in [5.41, 5.74) is 2.14. The molecule has 0 atom stereocenters. The predicted molar refractivity (Wildman–Crippen MR) is 127 cm³/mol. The second-order valence-corrected chi connectivity index (χ2v) is 8.86. The summed E-state index contributed by atoms with van der Waals surface area (Å²) in [5, 5.41) is 17.3. The number of nitrogens with two attached hydrogens (primary N) is 1. The number of primary sulfonamides is 1. The van der Waals surface area contributed by atoms with Gasteiger partial charge in [0, 0.05) is 23.2 Å². The molecule has 32 heavy (non-hydrogen) atoms. The first-order chi connectivity index (χ1) is 15.3. The molecule has 0 unspecified atom stereocenters. The van der Waals surface area contributed by atoms with Gasteiger partial charge in [0.1, 0.15) is 0 Å². The van der Waals surface area contributed by atoms with E-state index in [9.17, 15) is 18.3 Å². The van der Waals surface area contributed by atoms with Crippen LogP contribution in [0.5, 0.6) is 0 Å². The molecule has 4 aromatic rings. The zero-order chi connectivity index (χ0) is 22.9. The van der Waals surface area contributed by atoms with Crippen molar-refractivity contribution in [2.45, 2.75) is 11.8 Å². The van der Waals surface area contributed by atoms with Gasteiger partial charge in [-0.05, 0) is 36.1 Å². The topological polar surface area (TPSA) is 101 Å². The van der Waals surface area contributed by atoms with Gasteiger partial charge in [-0.1, -0.05) is 66.7 Å². The Kier molecular flexibility index (Phi) is 5.69. The first kappa shape index (κ1) is 21.5. The molecule has 0 fully saturated rings. The molecule has 0 spiro atoms. The molecule has 0 aromatic heterocycles. The molecule has 4 aromatic carbocycles. The SMILES string of the molecule is CCN(c1cc(C(=O)O)cc(S(N)(=O)=O)c1-c1ccccc1)c1cccc2ccccc12. The fourth-order valence-corrected chi connectivity index (χ4v) is 4.77. The van der Waals surface area contributed by atoms with Crippen LogP contribution < -0.4 is 10.0 Å². The van der Waals surface area contributed by atoms with Crippen LogP contribution in [-0.2, 0) is 10.0 Å². The van der Waals surface area contributed by atoms with Crippen LogP contribution in [0.1, 0.15) is 17.3 Å². The van der Waals surface area contributed by atoms with Crippen LogP contribution in [0.4, 0.5) is 11.4 Å². The third kappa shape index (κ3) is 3.95. The van der Waals surface area contributed by atoms with Gasteiger partial charge in [0.15, 0.2) is 0 Å². The Morgan fingerprint density at radius 3 is 2.22 bits per heavy atom. The highest BCUT2D eigenvalue weighted by molar-refractivity contribution is 7.89. The van der Waals surface area contributed by atoms with Crippen LogP contribution in [0.2, 0.25) is 0 Å². The largest absolute Gasteiger partial charge is 0.478 e. The Morgan fingerprint density at radius 2 is 1.56 bits per heavy atom. The molecule has 0 amide bonds. The van der Waals surface area contributed by atoms with E-state index in [0.29, 0.717) is 23.4 Å². The number of hydrogen-bond acceptors (Lipinski definition) is 4. The molecule has 0 saturated heterocycles. The molecule has 6 nitrogen and oxygen atoms in total. The fourth-order valence-electron chi connectivity index (χ4n) is 3.97. The number of hydrogen-bond donors (Lipinski definition) is 2. The van der Waals surface area contributed by atoms with Gasteiger partial charge >= 0.3 is 5.97 Å². The summed E-state index contributed by atoms with van der Waals surface area (Å²) in [4.78, 5) is 13.6. The number of carboxylic acid groups (broad SMARTS) is 1. The number of rotatable bonds is 6. The quantitative estimate of drug-likeness (QED) is 0.434. The van der Waals surface area contributed by atoms with E-state index in [4.69, 9.17) is 5.14 Å². The van der Waals surface area contributed by atoms with Crippen LogP contribution in [-0.4, -0.2) is 26.0 Å². The van der Waals surface area contributed by atoms with Gasteiger partial charge in [-0.15, -0.1) is 0 Å². The Hall–Kier alpha value is -3.68. The lowest BCUT2D eigenvalue weighted by molar-refractivity contribution is 0.0696. The summed E-state index contributed by atoms with van der Waals surface area (Å²) in [6, 6.07) is 25.3. The third-order valence-corrected chi connectivity index (χ3v) is 6.30. The van der Waals surface area contributed by atoms with Crippen molar-refractivity contribution in [3.8, 4) is 11.1 Å². The molecule has 3 N–H and O–H groups in total. The van der Waals surface area contributed by atoms with E-state index >= 15 is 0 Å². The number of benzene rings is 4. The maximum atomic E-state index is 12.6. The van der Waals surface area contributed by atoms with Crippen LogP contribution in [0.15, 0.2) is 89.8 Å². The summed E-state index contributed by atoms with van der Waals surface area (Å²) < 4.78 is 25.2. The lowest BCUT2D eigenvalue weighted by Crippen LogP contribution is -2.21. The van der Waals surface area contributed by atoms with Crippen molar-refractivity contribution in [3.05, 3.63) is 90.5 Å². The molecule has 0 bridgehead atoms. The fraction of sp³-hybridized carbons (Fsp3) is 0.0800. The van der Waals surface area contributed by atoms with E-state index in [1.54, 1.807) is 24.3 Å². The minimum absolute atomic E-state index is 0.151. The highest BCUT2D eigenvalue weighted by Gasteiger charge is 2.26. The lowest BCUT2D eigenvalue weighted by Gasteiger charge is -2.29. The molecule has 4 rings (SSSR count). The van der Waals surface area contributed by atoms with Crippen molar-refractivity contribution in [2.24, 2.45) is 5.14 Å². The van der Waals surface area contributed by atoms with Gasteiger partial charge in [-0.2, -0.15) is 0 Å². The van der Waals surface area contributed by atoms with Crippen molar-refractivity contribution in [2.75, 3.05) is 11.4 Å². The first-order valence-corrected chi connectivity index (χ1v) is 11.6. The minimum Gasteiger partial charge on any atom is -0.478 e. The highest BCUT2D eigenvalue weighted by atomic mass is 32.2. The molecule has 0 aliphatic rings. The Bertz CT molecular complexity index is 1410. The summed E-state index contributed by atoms with van der Waals surface area (Å²) in [7, 11) is -4.22. The smallest absolute Gasteiger partial charge is 0.335 e. The van der Waals surface area contributed by atoms with Gasteiger partial charge < -0.3 is 10.0 Å². The molecule has 0 aliphatic heterocycles. The van der Waals surface area contributed by atoms with Gasteiger partial charge in [0.05, 0.1) is 16.1 Å².